The second-order valence-electron chi connectivity index (χ2n) is 4.17. The maximum atomic E-state index is 5.88. The van der Waals surface area contributed by atoms with Crippen molar-refractivity contribution in [3.05, 3.63) is 23.5 Å². The molecule has 0 saturated carbocycles. The van der Waals surface area contributed by atoms with Crippen LogP contribution in [0.3, 0.4) is 0 Å². The van der Waals surface area contributed by atoms with Gasteiger partial charge in [0.15, 0.2) is 0 Å². The zero-order valence-corrected chi connectivity index (χ0v) is 9.59. The van der Waals surface area contributed by atoms with Crippen molar-refractivity contribution >= 4 is 5.69 Å². The van der Waals surface area contributed by atoms with Gasteiger partial charge in [-0.15, -0.1) is 0 Å². The van der Waals surface area contributed by atoms with Crippen LogP contribution in [0.4, 0.5) is 5.69 Å². The highest BCUT2D eigenvalue weighted by molar-refractivity contribution is 5.57. The number of aromatic nitrogens is 1. The van der Waals surface area contributed by atoms with Gasteiger partial charge in [-0.05, 0) is 32.4 Å². The van der Waals surface area contributed by atoms with E-state index >= 15 is 0 Å². The van der Waals surface area contributed by atoms with Gasteiger partial charge in [-0.1, -0.05) is 11.8 Å². The third kappa shape index (κ3) is 2.53. The average molecular weight is 215 g/mol. The predicted octanol–water partition coefficient (Wildman–Crippen LogP) is 1.32. The van der Waals surface area contributed by atoms with E-state index in [0.29, 0.717) is 5.92 Å². The van der Waals surface area contributed by atoms with Crippen molar-refractivity contribution in [3.63, 3.8) is 0 Å². The Morgan fingerprint density at radius 1 is 1.56 bits per heavy atom. The third-order valence-electron chi connectivity index (χ3n) is 2.87. The fourth-order valence-electron chi connectivity index (χ4n) is 1.90. The summed E-state index contributed by atoms with van der Waals surface area (Å²) in [6.07, 6.45) is 4.11. The number of anilines is 1. The Balaban J connectivity index is 2.16. The molecule has 1 aromatic heterocycles. The summed E-state index contributed by atoms with van der Waals surface area (Å²) < 4.78 is 0. The second-order valence-corrected chi connectivity index (χ2v) is 4.17. The Morgan fingerprint density at radius 3 is 3.12 bits per heavy atom. The zero-order valence-electron chi connectivity index (χ0n) is 9.59. The summed E-state index contributed by atoms with van der Waals surface area (Å²) in [6, 6.07) is 1.80. The molecule has 3 heteroatoms. The molecule has 3 N–H and O–H groups in total. The van der Waals surface area contributed by atoms with Gasteiger partial charge < -0.3 is 11.1 Å². The summed E-state index contributed by atoms with van der Waals surface area (Å²) in [5.41, 5.74) is 8.40. The first-order valence-corrected chi connectivity index (χ1v) is 5.70. The van der Waals surface area contributed by atoms with Crippen molar-refractivity contribution < 1.29 is 0 Å². The molecule has 1 saturated heterocycles. The fourth-order valence-corrected chi connectivity index (χ4v) is 1.90. The van der Waals surface area contributed by atoms with Crippen LogP contribution >= 0.6 is 0 Å². The molecule has 1 fully saturated rings. The molecule has 1 unspecified atom stereocenters. The number of pyridine rings is 1. The minimum absolute atomic E-state index is 0.452. The van der Waals surface area contributed by atoms with E-state index < -0.39 is 0 Å². The Morgan fingerprint density at radius 2 is 2.44 bits per heavy atom. The van der Waals surface area contributed by atoms with Crippen LogP contribution in [0, 0.1) is 24.7 Å². The lowest BCUT2D eigenvalue weighted by molar-refractivity contribution is 0.449. The molecular weight excluding hydrogens is 198 g/mol. The molecule has 1 atom stereocenters. The topological polar surface area (TPSA) is 50.9 Å². The number of nitrogens with two attached hydrogens (primary N) is 1. The number of nitrogens with one attached hydrogen (secondary N) is 1. The number of hydrogen-bond donors (Lipinski definition) is 2. The molecule has 2 rings (SSSR count). The van der Waals surface area contributed by atoms with Crippen LogP contribution in [0.15, 0.2) is 12.3 Å². The van der Waals surface area contributed by atoms with Gasteiger partial charge in [-0.2, -0.15) is 0 Å². The number of nitrogen functional groups attached to an aromatic ring is 1. The molecule has 84 valence electrons. The van der Waals surface area contributed by atoms with E-state index in [9.17, 15) is 0 Å². The minimum atomic E-state index is 0.452. The molecule has 1 aromatic rings. The molecule has 2 heterocycles. The lowest BCUT2D eigenvalue weighted by Crippen LogP contribution is -2.28. The van der Waals surface area contributed by atoms with Crippen molar-refractivity contribution in [2.75, 3.05) is 18.8 Å². The van der Waals surface area contributed by atoms with Crippen molar-refractivity contribution in [2.45, 2.75) is 19.8 Å². The van der Waals surface area contributed by atoms with E-state index in [-0.39, 0.29) is 0 Å². The summed E-state index contributed by atoms with van der Waals surface area (Å²) in [5, 5.41) is 3.35. The van der Waals surface area contributed by atoms with Crippen LogP contribution in [-0.4, -0.2) is 18.1 Å². The lowest BCUT2D eigenvalue weighted by Gasteiger charge is -2.17. The van der Waals surface area contributed by atoms with E-state index in [2.05, 4.69) is 22.1 Å². The molecule has 16 heavy (non-hydrogen) atoms. The van der Waals surface area contributed by atoms with Gasteiger partial charge in [0.1, 0.15) is 0 Å². The van der Waals surface area contributed by atoms with Crippen LogP contribution in [0.2, 0.25) is 0 Å². The van der Waals surface area contributed by atoms with Crippen molar-refractivity contribution in [1.29, 1.82) is 0 Å². The highest BCUT2D eigenvalue weighted by Crippen LogP contribution is 2.13. The number of rotatable bonds is 0. The van der Waals surface area contributed by atoms with E-state index in [0.717, 1.165) is 30.0 Å². The van der Waals surface area contributed by atoms with Gasteiger partial charge in [0.05, 0.1) is 16.9 Å². The van der Waals surface area contributed by atoms with Crippen molar-refractivity contribution in [1.82, 2.24) is 10.3 Å². The molecule has 1 aliphatic rings. The lowest BCUT2D eigenvalue weighted by atomic mass is 10.00. The first-order valence-electron chi connectivity index (χ1n) is 5.70. The quantitative estimate of drug-likeness (QED) is 0.642. The van der Waals surface area contributed by atoms with Gasteiger partial charge >= 0.3 is 0 Å². The summed E-state index contributed by atoms with van der Waals surface area (Å²) in [5.74, 6) is 6.91. The normalized spacial score (nSPS) is 19.9. The van der Waals surface area contributed by atoms with Gasteiger partial charge in [-0.3, -0.25) is 4.98 Å². The monoisotopic (exact) mass is 215 g/mol. The van der Waals surface area contributed by atoms with Crippen molar-refractivity contribution in [3.8, 4) is 11.8 Å². The van der Waals surface area contributed by atoms with Crippen LogP contribution in [-0.2, 0) is 0 Å². The maximum Gasteiger partial charge on any atom is 0.0687 e. The average Bonchev–Trinajstić information content (AvgIpc) is 2.30. The van der Waals surface area contributed by atoms with E-state index in [4.69, 9.17) is 5.73 Å². The molecule has 0 bridgehead atoms. The fraction of sp³-hybridized carbons (Fsp3) is 0.462. The first-order chi connectivity index (χ1) is 7.77. The number of nitrogens with zero attached hydrogens (tertiary/aromatic N) is 1. The van der Waals surface area contributed by atoms with E-state index in [1.807, 2.05) is 6.92 Å². The minimum Gasteiger partial charge on any atom is -0.398 e. The molecule has 0 spiro atoms. The Labute approximate surface area is 96.5 Å². The molecule has 0 amide bonds. The Hall–Kier alpha value is -1.53. The Bertz CT molecular complexity index is 402. The number of hydrogen-bond acceptors (Lipinski definition) is 3. The molecular formula is C13H17N3. The SMILES string of the molecule is Cc1nccc(N)c1C#CC1CCCNC1. The predicted molar refractivity (Wildman–Crippen MR) is 65.9 cm³/mol. The summed E-state index contributed by atoms with van der Waals surface area (Å²) >= 11 is 0. The standard InChI is InChI=1S/C13H17N3/c1-10-12(13(14)6-8-16-10)5-4-11-3-2-7-15-9-11/h6,8,11,15H,2-3,7,9H2,1H3,(H2,14,16). The third-order valence-corrected chi connectivity index (χ3v) is 2.87. The molecule has 3 nitrogen and oxygen atoms in total. The second kappa shape index (κ2) is 5.00. The summed E-state index contributed by atoms with van der Waals surface area (Å²) in [7, 11) is 0. The smallest absolute Gasteiger partial charge is 0.0687 e. The maximum absolute atomic E-state index is 5.88. The first kappa shape index (κ1) is 11.0. The van der Waals surface area contributed by atoms with Crippen LogP contribution in [0.5, 0.6) is 0 Å². The molecule has 0 radical (unpaired) electrons. The Kier molecular flexibility index (Phi) is 3.43. The van der Waals surface area contributed by atoms with E-state index in [1.165, 1.54) is 12.8 Å². The van der Waals surface area contributed by atoms with Crippen LogP contribution < -0.4 is 11.1 Å². The summed E-state index contributed by atoms with van der Waals surface area (Å²) in [6.45, 7) is 4.05. The van der Waals surface area contributed by atoms with E-state index in [1.54, 1.807) is 12.3 Å². The molecule has 1 aliphatic heterocycles. The van der Waals surface area contributed by atoms with Crippen LogP contribution in [0.1, 0.15) is 24.1 Å². The van der Waals surface area contributed by atoms with Crippen LogP contribution in [0.25, 0.3) is 0 Å². The largest absolute Gasteiger partial charge is 0.398 e. The van der Waals surface area contributed by atoms with Gasteiger partial charge in [-0.25, -0.2) is 0 Å². The van der Waals surface area contributed by atoms with Gasteiger partial charge in [0.2, 0.25) is 0 Å². The zero-order chi connectivity index (χ0) is 11.4. The number of aryl methyl sites for hydroxylation is 1. The molecule has 0 aliphatic carbocycles. The van der Waals surface area contributed by atoms with Crippen molar-refractivity contribution in [2.24, 2.45) is 5.92 Å². The van der Waals surface area contributed by atoms with Gasteiger partial charge in [0, 0.05) is 18.7 Å². The highest BCUT2D eigenvalue weighted by Gasteiger charge is 2.09. The highest BCUT2D eigenvalue weighted by atomic mass is 14.9. The number of piperidine rings is 1. The van der Waals surface area contributed by atoms with Gasteiger partial charge in [0.25, 0.3) is 0 Å². The molecule has 0 aromatic carbocycles. The summed E-state index contributed by atoms with van der Waals surface area (Å²) in [4.78, 5) is 4.21.